The zero-order valence-electron chi connectivity index (χ0n) is 10.4. The van der Waals surface area contributed by atoms with Crippen molar-refractivity contribution in [3.63, 3.8) is 0 Å². The Morgan fingerprint density at radius 2 is 2.06 bits per heavy atom. The van der Waals surface area contributed by atoms with Crippen molar-refractivity contribution >= 4 is 5.69 Å². The average Bonchev–Trinajstić information content (AvgIpc) is 3.15. The monoisotopic (exact) mass is 250 g/mol. The van der Waals surface area contributed by atoms with E-state index in [4.69, 9.17) is 0 Å². The molecular formula is C14H19FN2O. The van der Waals surface area contributed by atoms with E-state index in [0.717, 1.165) is 31.2 Å². The van der Waals surface area contributed by atoms with E-state index in [0.29, 0.717) is 0 Å². The molecule has 3 rings (SSSR count). The third-order valence-corrected chi connectivity index (χ3v) is 4.00. The second-order valence-electron chi connectivity index (χ2n) is 5.52. The summed E-state index contributed by atoms with van der Waals surface area (Å²) in [5.41, 5.74) is 0.614. The molecule has 1 unspecified atom stereocenters. The Hall–Kier alpha value is -1.13. The van der Waals surface area contributed by atoms with E-state index in [1.807, 2.05) is 0 Å². The molecule has 18 heavy (non-hydrogen) atoms. The molecule has 0 radical (unpaired) electrons. The first kappa shape index (κ1) is 11.9. The summed E-state index contributed by atoms with van der Waals surface area (Å²) in [6, 6.07) is 7.08. The van der Waals surface area contributed by atoms with Gasteiger partial charge in [0.15, 0.2) is 0 Å². The Bertz CT molecular complexity index is 418. The number of anilines is 1. The van der Waals surface area contributed by atoms with Crippen molar-refractivity contribution in [2.45, 2.75) is 30.8 Å². The first-order chi connectivity index (χ1) is 8.71. The molecule has 0 amide bonds. The molecule has 2 N–H and O–H groups in total. The van der Waals surface area contributed by atoms with E-state index < -0.39 is 0 Å². The minimum absolute atomic E-state index is 0.119. The molecule has 1 saturated carbocycles. The summed E-state index contributed by atoms with van der Waals surface area (Å²) in [5, 5.41) is 13.1. The summed E-state index contributed by atoms with van der Waals surface area (Å²) >= 11 is 0. The van der Waals surface area contributed by atoms with Gasteiger partial charge in [-0.1, -0.05) is 0 Å². The van der Waals surface area contributed by atoms with Gasteiger partial charge in [-0.25, -0.2) is 4.39 Å². The molecule has 1 saturated heterocycles. The van der Waals surface area contributed by atoms with Gasteiger partial charge in [0.2, 0.25) is 0 Å². The minimum atomic E-state index is -0.263. The van der Waals surface area contributed by atoms with Crippen molar-refractivity contribution in [2.24, 2.45) is 0 Å². The summed E-state index contributed by atoms with van der Waals surface area (Å²) in [7, 11) is 0. The minimum Gasteiger partial charge on any atom is -0.394 e. The molecule has 1 aromatic carbocycles. The lowest BCUT2D eigenvalue weighted by atomic mass is 9.99. The second kappa shape index (κ2) is 4.52. The summed E-state index contributed by atoms with van der Waals surface area (Å²) in [6.07, 6.45) is 3.52. The maximum Gasteiger partial charge on any atom is 0.123 e. The number of halogens is 1. The number of aliphatic hydroxyl groups is 1. The zero-order chi connectivity index (χ0) is 12.6. The Labute approximate surface area is 107 Å². The first-order valence-corrected chi connectivity index (χ1v) is 6.59. The number of hydrogen-bond acceptors (Lipinski definition) is 3. The van der Waals surface area contributed by atoms with Gasteiger partial charge in [-0.3, -0.25) is 4.90 Å². The maximum absolute atomic E-state index is 12.9. The molecule has 0 aromatic heterocycles. The quantitative estimate of drug-likeness (QED) is 0.856. The van der Waals surface area contributed by atoms with Crippen LogP contribution in [-0.4, -0.2) is 41.3 Å². The van der Waals surface area contributed by atoms with Crippen molar-refractivity contribution in [1.82, 2.24) is 4.90 Å². The van der Waals surface area contributed by atoms with Gasteiger partial charge in [-0.15, -0.1) is 0 Å². The van der Waals surface area contributed by atoms with Gasteiger partial charge in [0.1, 0.15) is 5.82 Å². The highest BCUT2D eigenvalue weighted by Gasteiger charge is 2.42. The van der Waals surface area contributed by atoms with Crippen molar-refractivity contribution in [2.75, 3.05) is 25.0 Å². The van der Waals surface area contributed by atoms with Crippen LogP contribution in [-0.2, 0) is 0 Å². The van der Waals surface area contributed by atoms with Crippen molar-refractivity contribution in [1.29, 1.82) is 0 Å². The number of nitrogens with zero attached hydrogens (tertiary/aromatic N) is 1. The van der Waals surface area contributed by atoms with Crippen LogP contribution in [0.15, 0.2) is 24.3 Å². The molecule has 2 aliphatic rings. The fourth-order valence-corrected chi connectivity index (χ4v) is 2.77. The van der Waals surface area contributed by atoms with Gasteiger partial charge in [-0.05, 0) is 43.5 Å². The zero-order valence-corrected chi connectivity index (χ0v) is 10.4. The summed E-state index contributed by atoms with van der Waals surface area (Å²) < 4.78 is 12.9. The number of nitrogens with one attached hydrogen (secondary N) is 1. The van der Waals surface area contributed by atoms with Gasteiger partial charge >= 0.3 is 0 Å². The third-order valence-electron chi connectivity index (χ3n) is 4.00. The van der Waals surface area contributed by atoms with Crippen molar-refractivity contribution < 1.29 is 9.50 Å². The number of benzene rings is 1. The predicted octanol–water partition coefficient (Wildman–Crippen LogP) is 1.84. The SMILES string of the molecule is OCC1(Nc2ccc(F)cc2)CCN(C2CC2)C1. The maximum atomic E-state index is 12.9. The molecule has 98 valence electrons. The van der Waals surface area contributed by atoms with Crippen LogP contribution in [0.3, 0.4) is 0 Å². The lowest BCUT2D eigenvalue weighted by Crippen LogP contribution is -2.45. The molecule has 1 aromatic rings. The number of hydrogen-bond donors (Lipinski definition) is 2. The molecule has 1 aliphatic carbocycles. The van der Waals surface area contributed by atoms with E-state index in [2.05, 4.69) is 10.2 Å². The highest BCUT2D eigenvalue weighted by atomic mass is 19.1. The number of aliphatic hydroxyl groups excluding tert-OH is 1. The standard InChI is InChI=1S/C14H19FN2O/c15-11-1-3-12(4-2-11)16-14(10-18)7-8-17(9-14)13-5-6-13/h1-4,13,16,18H,5-10H2. The van der Waals surface area contributed by atoms with Crippen LogP contribution >= 0.6 is 0 Å². The third kappa shape index (κ3) is 2.35. The van der Waals surface area contributed by atoms with Crippen LogP contribution in [0.5, 0.6) is 0 Å². The molecule has 1 atom stereocenters. The Balaban J connectivity index is 1.70. The Morgan fingerprint density at radius 3 is 2.67 bits per heavy atom. The smallest absolute Gasteiger partial charge is 0.123 e. The van der Waals surface area contributed by atoms with Crippen LogP contribution in [0, 0.1) is 5.82 Å². The van der Waals surface area contributed by atoms with E-state index in [9.17, 15) is 9.50 Å². The second-order valence-corrected chi connectivity index (χ2v) is 5.52. The van der Waals surface area contributed by atoms with Crippen LogP contribution in [0.25, 0.3) is 0 Å². The van der Waals surface area contributed by atoms with Gasteiger partial charge < -0.3 is 10.4 Å². The molecule has 1 aliphatic heterocycles. The highest BCUT2D eigenvalue weighted by molar-refractivity contribution is 5.46. The van der Waals surface area contributed by atoms with Gasteiger partial charge in [0.05, 0.1) is 12.1 Å². The van der Waals surface area contributed by atoms with Gasteiger partial charge in [0.25, 0.3) is 0 Å². The Kier molecular flexibility index (Phi) is 2.99. The summed E-state index contributed by atoms with van der Waals surface area (Å²) in [5.74, 6) is -0.232. The fourth-order valence-electron chi connectivity index (χ4n) is 2.77. The predicted molar refractivity (Wildman–Crippen MR) is 69.1 cm³/mol. The largest absolute Gasteiger partial charge is 0.394 e. The van der Waals surface area contributed by atoms with Crippen LogP contribution in [0.4, 0.5) is 10.1 Å². The van der Waals surface area contributed by atoms with Crippen LogP contribution in [0.1, 0.15) is 19.3 Å². The molecular weight excluding hydrogens is 231 g/mol. The lowest BCUT2D eigenvalue weighted by Gasteiger charge is -2.30. The number of likely N-dealkylation sites (tertiary alicyclic amines) is 1. The van der Waals surface area contributed by atoms with Crippen LogP contribution < -0.4 is 5.32 Å². The van der Waals surface area contributed by atoms with Gasteiger partial charge in [0, 0.05) is 24.8 Å². The number of rotatable bonds is 4. The molecule has 0 spiro atoms. The molecule has 1 heterocycles. The van der Waals surface area contributed by atoms with Crippen molar-refractivity contribution in [3.8, 4) is 0 Å². The van der Waals surface area contributed by atoms with E-state index in [1.165, 1.54) is 25.0 Å². The topological polar surface area (TPSA) is 35.5 Å². The molecule has 3 nitrogen and oxygen atoms in total. The summed E-state index contributed by atoms with van der Waals surface area (Å²) in [6.45, 7) is 2.04. The van der Waals surface area contributed by atoms with Crippen LogP contribution in [0.2, 0.25) is 0 Å². The van der Waals surface area contributed by atoms with Gasteiger partial charge in [-0.2, -0.15) is 0 Å². The van der Waals surface area contributed by atoms with E-state index >= 15 is 0 Å². The average molecular weight is 250 g/mol. The van der Waals surface area contributed by atoms with Crippen molar-refractivity contribution in [3.05, 3.63) is 30.1 Å². The molecule has 2 fully saturated rings. The molecule has 4 heteroatoms. The fraction of sp³-hybridized carbons (Fsp3) is 0.571. The normalized spacial score (nSPS) is 28.6. The highest BCUT2D eigenvalue weighted by Crippen LogP contribution is 2.34. The lowest BCUT2D eigenvalue weighted by molar-refractivity contribution is 0.205. The first-order valence-electron chi connectivity index (χ1n) is 6.59. The molecule has 0 bridgehead atoms. The van der Waals surface area contributed by atoms with E-state index in [-0.39, 0.29) is 18.0 Å². The van der Waals surface area contributed by atoms with E-state index in [1.54, 1.807) is 12.1 Å². The Morgan fingerprint density at radius 1 is 1.33 bits per heavy atom. The summed E-state index contributed by atoms with van der Waals surface area (Å²) in [4.78, 5) is 2.45.